The minimum atomic E-state index is 0.715. The smallest absolute Gasteiger partial charge is 0.233 e. The summed E-state index contributed by atoms with van der Waals surface area (Å²) < 4.78 is 1.98. The summed E-state index contributed by atoms with van der Waals surface area (Å²) in [4.78, 5) is 8.59. The van der Waals surface area contributed by atoms with Crippen molar-refractivity contribution in [3.63, 3.8) is 0 Å². The number of rotatable bonds is 1. The van der Waals surface area contributed by atoms with Crippen LogP contribution >= 0.6 is 0 Å². The van der Waals surface area contributed by atoms with Crippen LogP contribution < -0.4 is 0 Å². The van der Waals surface area contributed by atoms with E-state index in [4.69, 9.17) is 0 Å². The van der Waals surface area contributed by atoms with Gasteiger partial charge in [-0.2, -0.15) is 0 Å². The van der Waals surface area contributed by atoms with Gasteiger partial charge in [0.1, 0.15) is 0 Å². The standard InChI is InChI=1S/C9H9N3/c1-4-10-9-11-8(7-2-3-7)6-12(9)5-1/h1,4-7H,2-3H2. The molecule has 0 aromatic carbocycles. The van der Waals surface area contributed by atoms with E-state index in [1.54, 1.807) is 6.20 Å². The van der Waals surface area contributed by atoms with Crippen molar-refractivity contribution in [3.8, 4) is 0 Å². The largest absolute Gasteiger partial charge is 0.291 e. The molecule has 1 saturated carbocycles. The van der Waals surface area contributed by atoms with Crippen molar-refractivity contribution in [2.24, 2.45) is 0 Å². The van der Waals surface area contributed by atoms with Gasteiger partial charge in [0.25, 0.3) is 0 Å². The highest BCUT2D eigenvalue weighted by molar-refractivity contribution is 5.32. The lowest BCUT2D eigenvalue weighted by Crippen LogP contribution is -1.83. The molecule has 60 valence electrons. The average molecular weight is 159 g/mol. The molecule has 3 heteroatoms. The zero-order valence-electron chi connectivity index (χ0n) is 6.64. The van der Waals surface area contributed by atoms with E-state index >= 15 is 0 Å². The molecule has 2 aromatic heterocycles. The first-order valence-electron chi connectivity index (χ1n) is 4.23. The maximum absolute atomic E-state index is 4.43. The lowest BCUT2D eigenvalue weighted by Gasteiger charge is -1.85. The molecule has 0 N–H and O–H groups in total. The van der Waals surface area contributed by atoms with E-state index in [9.17, 15) is 0 Å². The van der Waals surface area contributed by atoms with Crippen LogP contribution in [0.25, 0.3) is 5.78 Å². The first-order chi connectivity index (χ1) is 5.93. The summed E-state index contributed by atoms with van der Waals surface area (Å²) in [5.41, 5.74) is 1.20. The van der Waals surface area contributed by atoms with Crippen LogP contribution in [0.5, 0.6) is 0 Å². The fourth-order valence-electron chi connectivity index (χ4n) is 1.42. The molecule has 1 aliphatic carbocycles. The van der Waals surface area contributed by atoms with Gasteiger partial charge in [-0.15, -0.1) is 0 Å². The van der Waals surface area contributed by atoms with E-state index in [2.05, 4.69) is 16.2 Å². The Labute approximate surface area is 70.1 Å². The van der Waals surface area contributed by atoms with Crippen LogP contribution in [0.3, 0.4) is 0 Å². The van der Waals surface area contributed by atoms with Crippen LogP contribution in [0.15, 0.2) is 24.7 Å². The van der Waals surface area contributed by atoms with Gasteiger partial charge in [0.2, 0.25) is 5.78 Å². The fraction of sp³-hybridized carbons (Fsp3) is 0.333. The first kappa shape index (κ1) is 6.17. The Morgan fingerprint density at radius 1 is 1.42 bits per heavy atom. The summed E-state index contributed by atoms with van der Waals surface area (Å²) >= 11 is 0. The summed E-state index contributed by atoms with van der Waals surface area (Å²) in [6.07, 6.45) is 8.44. The zero-order chi connectivity index (χ0) is 7.97. The molecule has 0 aliphatic heterocycles. The van der Waals surface area contributed by atoms with Crippen LogP contribution in [-0.4, -0.2) is 14.4 Å². The number of nitrogens with zero attached hydrogens (tertiary/aromatic N) is 3. The van der Waals surface area contributed by atoms with E-state index < -0.39 is 0 Å². The Bertz CT molecular complexity index is 381. The summed E-state index contributed by atoms with van der Waals surface area (Å²) in [5, 5.41) is 0. The van der Waals surface area contributed by atoms with Gasteiger partial charge in [0.05, 0.1) is 5.69 Å². The van der Waals surface area contributed by atoms with Gasteiger partial charge in [-0.1, -0.05) is 0 Å². The quantitative estimate of drug-likeness (QED) is 0.632. The van der Waals surface area contributed by atoms with E-state index in [1.807, 2.05) is 16.7 Å². The lowest BCUT2D eigenvalue weighted by atomic mass is 10.3. The SMILES string of the molecule is c1cnc2nc(C3CC3)cn2c1. The summed E-state index contributed by atoms with van der Waals surface area (Å²) in [6, 6.07) is 1.92. The Balaban J connectivity index is 2.23. The topological polar surface area (TPSA) is 30.2 Å². The van der Waals surface area contributed by atoms with Crippen LogP contribution in [0.2, 0.25) is 0 Å². The molecule has 0 unspecified atom stereocenters. The molecule has 2 aromatic rings. The van der Waals surface area contributed by atoms with Gasteiger partial charge in [-0.05, 0) is 18.9 Å². The van der Waals surface area contributed by atoms with Crippen molar-refractivity contribution in [3.05, 3.63) is 30.4 Å². The van der Waals surface area contributed by atoms with Crippen molar-refractivity contribution in [1.82, 2.24) is 14.4 Å². The highest BCUT2D eigenvalue weighted by Crippen LogP contribution is 2.39. The number of hydrogen-bond acceptors (Lipinski definition) is 2. The predicted octanol–water partition coefficient (Wildman–Crippen LogP) is 1.61. The molecule has 12 heavy (non-hydrogen) atoms. The van der Waals surface area contributed by atoms with Crippen LogP contribution in [0.4, 0.5) is 0 Å². The normalized spacial score (nSPS) is 17.0. The average Bonchev–Trinajstić information content (AvgIpc) is 2.85. The molecule has 0 saturated heterocycles. The van der Waals surface area contributed by atoms with Crippen molar-refractivity contribution < 1.29 is 0 Å². The zero-order valence-corrected chi connectivity index (χ0v) is 6.64. The maximum atomic E-state index is 4.43. The second-order valence-electron chi connectivity index (χ2n) is 3.27. The van der Waals surface area contributed by atoms with Crippen molar-refractivity contribution >= 4 is 5.78 Å². The van der Waals surface area contributed by atoms with Gasteiger partial charge in [-0.3, -0.25) is 4.40 Å². The van der Waals surface area contributed by atoms with Gasteiger partial charge in [-0.25, -0.2) is 9.97 Å². The van der Waals surface area contributed by atoms with Gasteiger partial charge >= 0.3 is 0 Å². The Morgan fingerprint density at radius 3 is 3.08 bits per heavy atom. The molecule has 3 rings (SSSR count). The fourth-order valence-corrected chi connectivity index (χ4v) is 1.42. The molecule has 0 atom stereocenters. The third-order valence-corrected chi connectivity index (χ3v) is 2.25. The van der Waals surface area contributed by atoms with E-state index in [0.717, 1.165) is 5.78 Å². The third kappa shape index (κ3) is 0.826. The molecule has 0 spiro atoms. The summed E-state index contributed by atoms with van der Waals surface area (Å²) in [5.74, 6) is 1.53. The van der Waals surface area contributed by atoms with Crippen LogP contribution in [-0.2, 0) is 0 Å². The molecule has 1 aliphatic rings. The molecular weight excluding hydrogens is 150 g/mol. The summed E-state index contributed by atoms with van der Waals surface area (Å²) in [7, 11) is 0. The maximum Gasteiger partial charge on any atom is 0.233 e. The molecule has 3 nitrogen and oxygen atoms in total. The Hall–Kier alpha value is -1.38. The van der Waals surface area contributed by atoms with E-state index in [0.29, 0.717) is 5.92 Å². The summed E-state index contributed by atoms with van der Waals surface area (Å²) in [6.45, 7) is 0. The minimum Gasteiger partial charge on any atom is -0.291 e. The van der Waals surface area contributed by atoms with Crippen molar-refractivity contribution in [2.45, 2.75) is 18.8 Å². The minimum absolute atomic E-state index is 0.715. The second kappa shape index (κ2) is 2.06. The van der Waals surface area contributed by atoms with Crippen LogP contribution in [0.1, 0.15) is 24.5 Å². The Morgan fingerprint density at radius 2 is 2.33 bits per heavy atom. The van der Waals surface area contributed by atoms with E-state index in [1.165, 1.54) is 18.5 Å². The van der Waals surface area contributed by atoms with Crippen molar-refractivity contribution in [2.75, 3.05) is 0 Å². The lowest BCUT2D eigenvalue weighted by molar-refractivity contribution is 1.05. The van der Waals surface area contributed by atoms with Crippen molar-refractivity contribution in [1.29, 1.82) is 0 Å². The van der Waals surface area contributed by atoms with Gasteiger partial charge in [0.15, 0.2) is 0 Å². The highest BCUT2D eigenvalue weighted by atomic mass is 15.1. The number of imidazole rings is 1. The van der Waals surface area contributed by atoms with Gasteiger partial charge in [0, 0.05) is 24.5 Å². The third-order valence-electron chi connectivity index (χ3n) is 2.25. The van der Waals surface area contributed by atoms with E-state index in [-0.39, 0.29) is 0 Å². The molecule has 1 fully saturated rings. The predicted molar refractivity (Wildman–Crippen MR) is 45.0 cm³/mol. The molecule has 0 bridgehead atoms. The van der Waals surface area contributed by atoms with Crippen LogP contribution in [0, 0.1) is 0 Å². The monoisotopic (exact) mass is 159 g/mol. The highest BCUT2D eigenvalue weighted by Gasteiger charge is 2.26. The molecular formula is C9H9N3. The second-order valence-corrected chi connectivity index (χ2v) is 3.27. The molecule has 2 heterocycles. The Kier molecular flexibility index (Phi) is 1.06. The molecule has 0 amide bonds. The number of aromatic nitrogens is 3. The number of fused-ring (bicyclic) bond motifs is 1. The number of hydrogen-bond donors (Lipinski definition) is 0. The first-order valence-corrected chi connectivity index (χ1v) is 4.23. The molecule has 0 radical (unpaired) electrons. The van der Waals surface area contributed by atoms with Gasteiger partial charge < -0.3 is 0 Å².